The maximum atomic E-state index is 13.4. The number of aliphatic hydroxyl groups excluding tert-OH is 1. The van der Waals surface area contributed by atoms with E-state index in [0.717, 1.165) is 17.7 Å². The highest BCUT2D eigenvalue weighted by Crippen LogP contribution is 2.25. The first-order valence-corrected chi connectivity index (χ1v) is 7.59. The van der Waals surface area contributed by atoms with Gasteiger partial charge in [-0.3, -0.25) is 0 Å². The molecule has 2 aromatic rings. The smallest absolute Gasteiger partial charge is 0.194 e. The Kier molecular flexibility index (Phi) is 6.19. The molecular formula is C18H20F3NO. The van der Waals surface area contributed by atoms with Gasteiger partial charge < -0.3 is 10.4 Å². The van der Waals surface area contributed by atoms with Crippen LogP contribution in [-0.2, 0) is 0 Å². The molecule has 0 saturated heterocycles. The third kappa shape index (κ3) is 4.56. The van der Waals surface area contributed by atoms with Crippen LogP contribution in [-0.4, -0.2) is 11.7 Å². The molecule has 5 heteroatoms. The van der Waals surface area contributed by atoms with Gasteiger partial charge in [0.1, 0.15) is 0 Å². The van der Waals surface area contributed by atoms with E-state index in [1.165, 1.54) is 0 Å². The molecule has 0 amide bonds. The molecule has 0 unspecified atom stereocenters. The Hall–Kier alpha value is -1.85. The summed E-state index contributed by atoms with van der Waals surface area (Å²) < 4.78 is 39.8. The minimum absolute atomic E-state index is 0.0686. The molecular weight excluding hydrogens is 303 g/mol. The van der Waals surface area contributed by atoms with Gasteiger partial charge in [-0.2, -0.15) is 0 Å². The minimum atomic E-state index is -1.46. The van der Waals surface area contributed by atoms with Gasteiger partial charge in [0.2, 0.25) is 0 Å². The van der Waals surface area contributed by atoms with Crippen LogP contribution in [0.3, 0.4) is 0 Å². The average Bonchev–Trinajstić information content (AvgIpc) is 2.56. The van der Waals surface area contributed by atoms with Crippen molar-refractivity contribution in [3.05, 3.63) is 71.0 Å². The lowest BCUT2D eigenvalue weighted by Crippen LogP contribution is -2.25. The van der Waals surface area contributed by atoms with Crippen molar-refractivity contribution in [1.82, 2.24) is 5.32 Å². The number of benzene rings is 2. The third-order valence-corrected chi connectivity index (χ3v) is 3.81. The van der Waals surface area contributed by atoms with Crippen molar-refractivity contribution in [2.75, 3.05) is 6.61 Å². The van der Waals surface area contributed by atoms with Crippen molar-refractivity contribution in [2.45, 2.75) is 31.8 Å². The molecule has 0 radical (unpaired) electrons. The van der Waals surface area contributed by atoms with Crippen molar-refractivity contribution in [2.24, 2.45) is 0 Å². The van der Waals surface area contributed by atoms with Crippen molar-refractivity contribution in [3.63, 3.8) is 0 Å². The summed E-state index contributed by atoms with van der Waals surface area (Å²) in [5.41, 5.74) is 1.36. The minimum Gasteiger partial charge on any atom is -0.396 e. The van der Waals surface area contributed by atoms with Crippen LogP contribution in [0, 0.1) is 17.5 Å². The van der Waals surface area contributed by atoms with Crippen LogP contribution in [0.15, 0.2) is 42.5 Å². The van der Waals surface area contributed by atoms with E-state index in [1.807, 2.05) is 30.3 Å². The average molecular weight is 323 g/mol. The molecule has 0 aromatic heterocycles. The van der Waals surface area contributed by atoms with Gasteiger partial charge in [0, 0.05) is 18.7 Å². The van der Waals surface area contributed by atoms with E-state index in [-0.39, 0.29) is 18.7 Å². The summed E-state index contributed by atoms with van der Waals surface area (Å²) in [5, 5.41) is 12.3. The lowest BCUT2D eigenvalue weighted by Gasteiger charge is -2.24. The Labute approximate surface area is 134 Å². The molecule has 0 fully saturated rings. The zero-order chi connectivity index (χ0) is 16.8. The maximum absolute atomic E-state index is 13.4. The SMILES string of the molecule is C[C@@H](N[C@H](CCCO)c1ccccc1)c1cc(F)c(F)c(F)c1. The van der Waals surface area contributed by atoms with Gasteiger partial charge in [-0.05, 0) is 43.0 Å². The molecule has 2 N–H and O–H groups in total. The van der Waals surface area contributed by atoms with Crippen LogP contribution in [0.2, 0.25) is 0 Å². The molecule has 2 nitrogen and oxygen atoms in total. The zero-order valence-electron chi connectivity index (χ0n) is 12.9. The molecule has 0 aliphatic heterocycles. The second-order valence-corrected chi connectivity index (χ2v) is 5.52. The van der Waals surface area contributed by atoms with E-state index < -0.39 is 17.5 Å². The standard InChI is InChI=1S/C18H20F3NO/c1-12(14-10-15(19)18(21)16(20)11-14)22-17(8-5-9-23)13-6-3-2-4-7-13/h2-4,6-7,10-12,17,22-23H,5,8-9H2,1H3/t12-,17-/m1/s1. The number of hydrogen-bond donors (Lipinski definition) is 2. The summed E-state index contributed by atoms with van der Waals surface area (Å²) in [6.07, 6.45) is 1.28. The predicted octanol–water partition coefficient (Wildman–Crippen LogP) is 4.27. The van der Waals surface area contributed by atoms with Crippen molar-refractivity contribution in [3.8, 4) is 0 Å². The van der Waals surface area contributed by atoms with E-state index in [0.29, 0.717) is 18.4 Å². The highest BCUT2D eigenvalue weighted by molar-refractivity contribution is 5.24. The van der Waals surface area contributed by atoms with Crippen molar-refractivity contribution in [1.29, 1.82) is 0 Å². The van der Waals surface area contributed by atoms with Gasteiger partial charge in [0.05, 0.1) is 0 Å². The van der Waals surface area contributed by atoms with E-state index in [9.17, 15) is 13.2 Å². The Bertz CT molecular complexity index is 610. The second-order valence-electron chi connectivity index (χ2n) is 5.52. The monoisotopic (exact) mass is 323 g/mol. The summed E-state index contributed by atoms with van der Waals surface area (Å²) in [7, 11) is 0. The fourth-order valence-corrected chi connectivity index (χ4v) is 2.55. The highest BCUT2D eigenvalue weighted by Gasteiger charge is 2.18. The Morgan fingerprint density at radius 3 is 2.17 bits per heavy atom. The molecule has 0 aliphatic rings. The van der Waals surface area contributed by atoms with Crippen LogP contribution in [0.25, 0.3) is 0 Å². The third-order valence-electron chi connectivity index (χ3n) is 3.81. The highest BCUT2D eigenvalue weighted by atomic mass is 19.2. The molecule has 0 bridgehead atoms. The molecule has 2 rings (SSSR count). The largest absolute Gasteiger partial charge is 0.396 e. The van der Waals surface area contributed by atoms with Gasteiger partial charge in [-0.15, -0.1) is 0 Å². The summed E-state index contributed by atoms with van der Waals surface area (Å²) in [6.45, 7) is 1.83. The second kappa shape index (κ2) is 8.13. The first-order valence-electron chi connectivity index (χ1n) is 7.59. The fraction of sp³-hybridized carbons (Fsp3) is 0.333. The fourth-order valence-electron chi connectivity index (χ4n) is 2.55. The number of nitrogens with one attached hydrogen (secondary N) is 1. The van der Waals surface area contributed by atoms with Crippen molar-refractivity contribution < 1.29 is 18.3 Å². The van der Waals surface area contributed by atoms with Crippen LogP contribution in [0.4, 0.5) is 13.2 Å². The molecule has 0 aliphatic carbocycles. The molecule has 0 heterocycles. The number of hydrogen-bond acceptors (Lipinski definition) is 2. The lowest BCUT2D eigenvalue weighted by atomic mass is 9.99. The zero-order valence-corrected chi connectivity index (χ0v) is 12.9. The molecule has 2 aromatic carbocycles. The number of aliphatic hydroxyl groups is 1. The molecule has 0 saturated carbocycles. The maximum Gasteiger partial charge on any atom is 0.194 e. The molecule has 2 atom stereocenters. The van der Waals surface area contributed by atoms with Crippen LogP contribution >= 0.6 is 0 Å². The molecule has 124 valence electrons. The van der Waals surface area contributed by atoms with Gasteiger partial charge in [-0.1, -0.05) is 30.3 Å². The van der Waals surface area contributed by atoms with Crippen LogP contribution in [0.1, 0.15) is 43.0 Å². The van der Waals surface area contributed by atoms with E-state index in [4.69, 9.17) is 5.11 Å². The summed E-state index contributed by atoms with van der Waals surface area (Å²) >= 11 is 0. The molecule has 0 spiro atoms. The van der Waals surface area contributed by atoms with E-state index in [1.54, 1.807) is 6.92 Å². The summed E-state index contributed by atoms with van der Waals surface area (Å²) in [4.78, 5) is 0. The predicted molar refractivity (Wildman–Crippen MR) is 83.4 cm³/mol. The van der Waals surface area contributed by atoms with Crippen LogP contribution in [0.5, 0.6) is 0 Å². The van der Waals surface area contributed by atoms with Gasteiger partial charge in [-0.25, -0.2) is 13.2 Å². The van der Waals surface area contributed by atoms with Crippen molar-refractivity contribution >= 4 is 0 Å². The van der Waals surface area contributed by atoms with Crippen LogP contribution < -0.4 is 5.32 Å². The quantitative estimate of drug-likeness (QED) is 0.746. The Morgan fingerprint density at radius 1 is 1.00 bits per heavy atom. The first-order chi connectivity index (χ1) is 11.0. The first kappa shape index (κ1) is 17.5. The topological polar surface area (TPSA) is 32.3 Å². The lowest BCUT2D eigenvalue weighted by molar-refractivity contribution is 0.272. The Morgan fingerprint density at radius 2 is 1.61 bits per heavy atom. The van der Waals surface area contributed by atoms with Gasteiger partial charge in [0.15, 0.2) is 17.5 Å². The normalized spacial score (nSPS) is 13.8. The summed E-state index contributed by atoms with van der Waals surface area (Å²) in [6, 6.07) is 11.2. The molecule has 23 heavy (non-hydrogen) atoms. The Balaban J connectivity index is 2.18. The van der Waals surface area contributed by atoms with E-state index in [2.05, 4.69) is 5.32 Å². The number of halogens is 3. The number of rotatable bonds is 7. The van der Waals surface area contributed by atoms with Gasteiger partial charge in [0.25, 0.3) is 0 Å². The summed E-state index contributed by atoms with van der Waals surface area (Å²) in [5.74, 6) is -3.85. The van der Waals surface area contributed by atoms with E-state index >= 15 is 0 Å². The van der Waals surface area contributed by atoms with Gasteiger partial charge >= 0.3 is 0 Å².